The molecule has 18 heavy (non-hydrogen) atoms. The second-order valence-electron chi connectivity index (χ2n) is 5.61. The molecule has 2 saturated carbocycles. The Balaban J connectivity index is 1.71. The van der Waals surface area contributed by atoms with Crippen LogP contribution in [0.5, 0.6) is 5.75 Å². The first-order valence-electron chi connectivity index (χ1n) is 6.81. The molecule has 1 aromatic carbocycles. The van der Waals surface area contributed by atoms with Crippen LogP contribution in [-0.4, -0.2) is 17.3 Å². The summed E-state index contributed by atoms with van der Waals surface area (Å²) in [5.74, 6) is 0.942. The lowest BCUT2D eigenvalue weighted by molar-refractivity contribution is -0.172. The zero-order valence-electron chi connectivity index (χ0n) is 10.4. The molecule has 3 rings (SSSR count). The molecule has 2 nitrogen and oxygen atoms in total. The minimum Gasteiger partial charge on any atom is -0.490 e. The van der Waals surface area contributed by atoms with Gasteiger partial charge >= 0.3 is 0 Å². The maximum Gasteiger partial charge on any atom is 0.119 e. The van der Waals surface area contributed by atoms with Crippen molar-refractivity contribution in [3.63, 3.8) is 0 Å². The summed E-state index contributed by atoms with van der Waals surface area (Å²) in [5, 5.41) is 10.1. The van der Waals surface area contributed by atoms with E-state index in [-0.39, 0.29) is 17.6 Å². The lowest BCUT2D eigenvalue weighted by Crippen LogP contribution is -2.60. The number of halogens is 1. The highest BCUT2D eigenvalue weighted by Gasteiger charge is 2.56. The van der Waals surface area contributed by atoms with Gasteiger partial charge in [0.05, 0.1) is 6.10 Å². The smallest absolute Gasteiger partial charge is 0.119 e. The SMILES string of the molecule is OC1CC(Oc2ccc(I)cc2)C12CCCCC2. The molecular formula is C15H19IO2. The van der Waals surface area contributed by atoms with Gasteiger partial charge < -0.3 is 9.84 Å². The third-order valence-corrected chi connectivity index (χ3v) is 5.34. The zero-order chi connectivity index (χ0) is 12.6. The van der Waals surface area contributed by atoms with E-state index in [1.165, 1.54) is 22.8 Å². The fraction of sp³-hybridized carbons (Fsp3) is 0.600. The number of hydrogen-bond donors (Lipinski definition) is 1. The van der Waals surface area contributed by atoms with Crippen molar-refractivity contribution >= 4 is 22.6 Å². The molecule has 98 valence electrons. The zero-order valence-corrected chi connectivity index (χ0v) is 12.6. The number of aliphatic hydroxyl groups is 1. The Morgan fingerprint density at radius 1 is 1.11 bits per heavy atom. The molecule has 2 aliphatic carbocycles. The second kappa shape index (κ2) is 5.00. The molecule has 0 bridgehead atoms. The van der Waals surface area contributed by atoms with Crippen molar-refractivity contribution in [3.8, 4) is 5.75 Å². The van der Waals surface area contributed by atoms with Crippen LogP contribution >= 0.6 is 22.6 Å². The highest BCUT2D eigenvalue weighted by atomic mass is 127. The number of ether oxygens (including phenoxy) is 1. The Morgan fingerprint density at radius 3 is 2.39 bits per heavy atom. The predicted molar refractivity (Wildman–Crippen MR) is 79.7 cm³/mol. The van der Waals surface area contributed by atoms with E-state index in [2.05, 4.69) is 34.7 Å². The largest absolute Gasteiger partial charge is 0.490 e. The van der Waals surface area contributed by atoms with Crippen molar-refractivity contribution in [1.29, 1.82) is 0 Å². The molecule has 0 saturated heterocycles. The second-order valence-corrected chi connectivity index (χ2v) is 6.85. The molecule has 0 radical (unpaired) electrons. The van der Waals surface area contributed by atoms with Crippen LogP contribution in [0.3, 0.4) is 0 Å². The number of aliphatic hydroxyl groups excluding tert-OH is 1. The molecular weight excluding hydrogens is 339 g/mol. The van der Waals surface area contributed by atoms with Crippen molar-refractivity contribution in [3.05, 3.63) is 27.8 Å². The standard InChI is InChI=1S/C15H19IO2/c16-11-4-6-12(7-5-11)18-14-10-13(17)15(14)8-2-1-3-9-15/h4-7,13-14,17H,1-3,8-10H2. The van der Waals surface area contributed by atoms with Gasteiger partial charge in [-0.3, -0.25) is 0 Å². The maximum absolute atomic E-state index is 10.1. The molecule has 2 fully saturated rings. The van der Waals surface area contributed by atoms with E-state index >= 15 is 0 Å². The number of rotatable bonds is 2. The van der Waals surface area contributed by atoms with Crippen LogP contribution in [0.25, 0.3) is 0 Å². The summed E-state index contributed by atoms with van der Waals surface area (Å²) in [6.45, 7) is 0. The van der Waals surface area contributed by atoms with Gasteiger partial charge in [0, 0.05) is 15.4 Å². The van der Waals surface area contributed by atoms with E-state index in [0.717, 1.165) is 25.0 Å². The third-order valence-electron chi connectivity index (χ3n) is 4.62. The molecule has 1 spiro atoms. The number of benzene rings is 1. The summed E-state index contributed by atoms with van der Waals surface area (Å²) < 4.78 is 7.33. The summed E-state index contributed by atoms with van der Waals surface area (Å²) in [4.78, 5) is 0. The monoisotopic (exact) mass is 358 g/mol. The van der Waals surface area contributed by atoms with Crippen LogP contribution in [0.2, 0.25) is 0 Å². The van der Waals surface area contributed by atoms with Gasteiger partial charge in [0.2, 0.25) is 0 Å². The summed E-state index contributed by atoms with van der Waals surface area (Å²) in [6.07, 6.45) is 6.91. The molecule has 3 heteroatoms. The molecule has 2 unspecified atom stereocenters. The third kappa shape index (κ3) is 2.16. The van der Waals surface area contributed by atoms with Crippen LogP contribution in [-0.2, 0) is 0 Å². The fourth-order valence-corrected chi connectivity index (χ4v) is 3.79. The van der Waals surface area contributed by atoms with Gasteiger partial charge in [-0.25, -0.2) is 0 Å². The summed E-state index contributed by atoms with van der Waals surface area (Å²) in [5.41, 5.74) is 0.0568. The van der Waals surface area contributed by atoms with Gasteiger partial charge in [-0.15, -0.1) is 0 Å². The van der Waals surface area contributed by atoms with Gasteiger partial charge in [0.25, 0.3) is 0 Å². The molecule has 0 amide bonds. The van der Waals surface area contributed by atoms with E-state index in [1.807, 2.05) is 12.1 Å². The predicted octanol–water partition coefficient (Wildman–Crippen LogP) is 3.75. The van der Waals surface area contributed by atoms with E-state index in [1.54, 1.807) is 0 Å². The Hall–Kier alpha value is -0.290. The van der Waals surface area contributed by atoms with Gasteiger partial charge in [-0.05, 0) is 59.7 Å². The summed E-state index contributed by atoms with van der Waals surface area (Å²) in [6, 6.07) is 8.20. The first-order chi connectivity index (χ1) is 8.71. The van der Waals surface area contributed by atoms with E-state index in [9.17, 15) is 5.11 Å². The van der Waals surface area contributed by atoms with E-state index < -0.39 is 0 Å². The average molecular weight is 358 g/mol. The molecule has 2 atom stereocenters. The first kappa shape index (κ1) is 12.7. The average Bonchev–Trinajstić information content (AvgIpc) is 2.42. The topological polar surface area (TPSA) is 29.5 Å². The van der Waals surface area contributed by atoms with Crippen molar-refractivity contribution in [1.82, 2.24) is 0 Å². The van der Waals surface area contributed by atoms with Crippen molar-refractivity contribution in [2.45, 2.75) is 50.7 Å². The Bertz CT molecular complexity index is 409. The van der Waals surface area contributed by atoms with E-state index in [4.69, 9.17) is 4.74 Å². The lowest BCUT2D eigenvalue weighted by atomic mass is 9.56. The van der Waals surface area contributed by atoms with Gasteiger partial charge in [-0.2, -0.15) is 0 Å². The van der Waals surface area contributed by atoms with Crippen LogP contribution in [0.1, 0.15) is 38.5 Å². The Kier molecular flexibility index (Phi) is 3.54. The van der Waals surface area contributed by atoms with Crippen LogP contribution in [0, 0.1) is 8.99 Å². The quantitative estimate of drug-likeness (QED) is 0.816. The first-order valence-corrected chi connectivity index (χ1v) is 7.89. The highest BCUT2D eigenvalue weighted by Crippen LogP contribution is 2.53. The van der Waals surface area contributed by atoms with Crippen molar-refractivity contribution in [2.24, 2.45) is 5.41 Å². The number of hydrogen-bond acceptors (Lipinski definition) is 2. The normalized spacial score (nSPS) is 29.9. The molecule has 1 aromatic rings. The minimum atomic E-state index is -0.147. The fourth-order valence-electron chi connectivity index (χ4n) is 3.43. The minimum absolute atomic E-state index is 0.0568. The Labute approximate surface area is 122 Å². The van der Waals surface area contributed by atoms with Gasteiger partial charge in [-0.1, -0.05) is 19.3 Å². The van der Waals surface area contributed by atoms with Gasteiger partial charge in [0.15, 0.2) is 0 Å². The summed E-state index contributed by atoms with van der Waals surface area (Å²) in [7, 11) is 0. The Morgan fingerprint density at radius 2 is 1.78 bits per heavy atom. The molecule has 2 aliphatic rings. The van der Waals surface area contributed by atoms with Crippen LogP contribution in [0.4, 0.5) is 0 Å². The summed E-state index contributed by atoms with van der Waals surface area (Å²) >= 11 is 2.30. The molecule has 0 heterocycles. The maximum atomic E-state index is 10.1. The van der Waals surface area contributed by atoms with Gasteiger partial charge in [0.1, 0.15) is 11.9 Å². The van der Waals surface area contributed by atoms with Crippen molar-refractivity contribution < 1.29 is 9.84 Å². The lowest BCUT2D eigenvalue weighted by Gasteiger charge is -2.55. The van der Waals surface area contributed by atoms with E-state index in [0.29, 0.717) is 0 Å². The highest BCUT2D eigenvalue weighted by molar-refractivity contribution is 14.1. The molecule has 1 N–H and O–H groups in total. The molecule has 0 aromatic heterocycles. The van der Waals surface area contributed by atoms with Crippen LogP contribution < -0.4 is 4.74 Å². The van der Waals surface area contributed by atoms with Crippen molar-refractivity contribution in [2.75, 3.05) is 0 Å². The molecule has 0 aliphatic heterocycles. The van der Waals surface area contributed by atoms with Crippen LogP contribution in [0.15, 0.2) is 24.3 Å².